The zero-order valence-electron chi connectivity index (χ0n) is 15.1. The Morgan fingerprint density at radius 1 is 1.08 bits per heavy atom. The van der Waals surface area contributed by atoms with Crippen molar-refractivity contribution in [1.82, 2.24) is 4.31 Å². The number of sulfonamides is 1. The average Bonchev–Trinajstić information content (AvgIpc) is 3.15. The fourth-order valence-electron chi connectivity index (χ4n) is 3.09. The second kappa shape index (κ2) is 7.60. The van der Waals surface area contributed by atoms with E-state index < -0.39 is 16.0 Å². The van der Waals surface area contributed by atoms with Gasteiger partial charge in [0.1, 0.15) is 6.61 Å². The first-order valence-electron chi connectivity index (χ1n) is 8.71. The van der Waals surface area contributed by atoms with Crippen LogP contribution in [0, 0.1) is 13.8 Å². The molecule has 1 heterocycles. The van der Waals surface area contributed by atoms with E-state index in [-0.39, 0.29) is 17.1 Å². The van der Waals surface area contributed by atoms with Crippen LogP contribution in [0.5, 0.6) is 0 Å². The highest BCUT2D eigenvalue weighted by atomic mass is 32.2. The molecule has 0 spiro atoms. The summed E-state index contributed by atoms with van der Waals surface area (Å²) in [5.74, 6) is -0.512. The highest BCUT2D eigenvalue weighted by Crippen LogP contribution is 2.23. The maximum absolute atomic E-state index is 12.7. The predicted molar refractivity (Wildman–Crippen MR) is 99.5 cm³/mol. The average molecular weight is 373 g/mol. The predicted octanol–water partition coefficient (Wildman–Crippen LogP) is 3.44. The van der Waals surface area contributed by atoms with E-state index in [0.717, 1.165) is 24.0 Å². The standard InChI is InChI=1S/C20H23NO4S/c1-15-6-5-7-17(12-15)14-25-20(22)19-13-18(9-8-16(19)2)26(23,24)21-10-3-4-11-21/h5-9,12-13H,3-4,10-11,14H2,1-2H3. The van der Waals surface area contributed by atoms with E-state index in [2.05, 4.69) is 0 Å². The Kier molecular flexibility index (Phi) is 5.44. The van der Waals surface area contributed by atoms with Crippen molar-refractivity contribution in [2.24, 2.45) is 0 Å². The van der Waals surface area contributed by atoms with E-state index in [9.17, 15) is 13.2 Å². The molecule has 3 rings (SSSR count). The van der Waals surface area contributed by atoms with Crippen molar-refractivity contribution in [2.75, 3.05) is 13.1 Å². The highest BCUT2D eigenvalue weighted by Gasteiger charge is 2.28. The van der Waals surface area contributed by atoms with Gasteiger partial charge in [0, 0.05) is 13.1 Å². The zero-order valence-corrected chi connectivity index (χ0v) is 15.9. The summed E-state index contributed by atoms with van der Waals surface area (Å²) in [7, 11) is -3.56. The highest BCUT2D eigenvalue weighted by molar-refractivity contribution is 7.89. The second-order valence-electron chi connectivity index (χ2n) is 6.65. The van der Waals surface area contributed by atoms with E-state index in [4.69, 9.17) is 4.74 Å². The van der Waals surface area contributed by atoms with Gasteiger partial charge < -0.3 is 4.74 Å². The van der Waals surface area contributed by atoms with Crippen molar-refractivity contribution in [3.05, 3.63) is 64.7 Å². The summed E-state index contributed by atoms with van der Waals surface area (Å²) in [4.78, 5) is 12.6. The van der Waals surface area contributed by atoms with Crippen molar-refractivity contribution < 1.29 is 17.9 Å². The Balaban J connectivity index is 1.79. The number of rotatable bonds is 5. The molecule has 1 aliphatic rings. The van der Waals surface area contributed by atoms with E-state index in [0.29, 0.717) is 18.7 Å². The van der Waals surface area contributed by atoms with Crippen LogP contribution < -0.4 is 0 Å². The number of nitrogens with zero attached hydrogens (tertiary/aromatic N) is 1. The van der Waals surface area contributed by atoms with E-state index in [1.54, 1.807) is 19.1 Å². The molecule has 0 radical (unpaired) electrons. The first kappa shape index (κ1) is 18.6. The monoisotopic (exact) mass is 373 g/mol. The van der Waals surface area contributed by atoms with Crippen molar-refractivity contribution in [3.63, 3.8) is 0 Å². The largest absolute Gasteiger partial charge is 0.457 e. The first-order valence-corrected chi connectivity index (χ1v) is 10.2. The molecule has 0 bridgehead atoms. The van der Waals surface area contributed by atoms with Crippen molar-refractivity contribution in [1.29, 1.82) is 0 Å². The number of hydrogen-bond acceptors (Lipinski definition) is 4. The minimum Gasteiger partial charge on any atom is -0.457 e. The molecule has 26 heavy (non-hydrogen) atoms. The molecule has 0 saturated carbocycles. The van der Waals surface area contributed by atoms with Crippen LogP contribution in [0.4, 0.5) is 0 Å². The maximum Gasteiger partial charge on any atom is 0.338 e. The van der Waals surface area contributed by atoms with E-state index in [1.807, 2.05) is 31.2 Å². The number of hydrogen-bond donors (Lipinski definition) is 0. The topological polar surface area (TPSA) is 63.7 Å². The molecule has 2 aromatic rings. The summed E-state index contributed by atoms with van der Waals surface area (Å²) in [6.45, 7) is 4.97. The molecule has 1 aliphatic heterocycles. The van der Waals surface area contributed by atoms with Crippen LogP contribution >= 0.6 is 0 Å². The van der Waals surface area contributed by atoms with Crippen LogP contribution in [0.3, 0.4) is 0 Å². The van der Waals surface area contributed by atoms with Gasteiger partial charge in [0.15, 0.2) is 0 Å². The van der Waals surface area contributed by atoms with E-state index >= 15 is 0 Å². The third-order valence-electron chi connectivity index (χ3n) is 4.58. The minimum absolute atomic E-state index is 0.146. The lowest BCUT2D eigenvalue weighted by Crippen LogP contribution is -2.28. The Morgan fingerprint density at radius 2 is 1.81 bits per heavy atom. The summed E-state index contributed by atoms with van der Waals surface area (Å²) in [5.41, 5.74) is 2.97. The molecule has 6 heteroatoms. The van der Waals surface area contributed by atoms with Gasteiger partial charge >= 0.3 is 5.97 Å². The fourth-order valence-corrected chi connectivity index (χ4v) is 4.63. The second-order valence-corrected chi connectivity index (χ2v) is 8.59. The van der Waals surface area contributed by atoms with Crippen molar-refractivity contribution in [3.8, 4) is 0 Å². The van der Waals surface area contributed by atoms with E-state index in [1.165, 1.54) is 10.4 Å². The molecular weight excluding hydrogens is 350 g/mol. The van der Waals surface area contributed by atoms with Gasteiger partial charge in [0.25, 0.3) is 0 Å². The number of carbonyl (C=O) groups excluding carboxylic acids is 1. The van der Waals surface area contributed by atoms with Gasteiger partial charge in [-0.2, -0.15) is 4.31 Å². The van der Waals surface area contributed by atoms with Crippen LogP contribution in [-0.2, 0) is 21.4 Å². The van der Waals surface area contributed by atoms with Gasteiger partial charge in [-0.3, -0.25) is 0 Å². The fraction of sp³-hybridized carbons (Fsp3) is 0.350. The summed E-state index contributed by atoms with van der Waals surface area (Å²) in [6.07, 6.45) is 1.74. The van der Waals surface area contributed by atoms with Gasteiger partial charge in [-0.15, -0.1) is 0 Å². The Bertz CT molecular complexity index is 915. The molecule has 138 valence electrons. The van der Waals surface area contributed by atoms with Crippen molar-refractivity contribution >= 4 is 16.0 Å². The molecule has 0 amide bonds. The van der Waals surface area contributed by atoms with Crippen LogP contribution in [0.1, 0.15) is 39.9 Å². The number of ether oxygens (including phenoxy) is 1. The van der Waals surface area contributed by atoms with Gasteiger partial charge in [-0.05, 0) is 49.9 Å². The van der Waals surface area contributed by atoms with Crippen LogP contribution in [0.25, 0.3) is 0 Å². The Hall–Kier alpha value is -2.18. The van der Waals surface area contributed by atoms with Crippen LogP contribution in [-0.4, -0.2) is 31.8 Å². The lowest BCUT2D eigenvalue weighted by molar-refractivity contribution is 0.0471. The summed E-state index contributed by atoms with van der Waals surface area (Å²) in [5, 5.41) is 0. The minimum atomic E-state index is -3.56. The quantitative estimate of drug-likeness (QED) is 0.753. The molecule has 0 aromatic heterocycles. The SMILES string of the molecule is Cc1cccc(COC(=O)c2cc(S(=O)(=O)N3CCCC3)ccc2C)c1. The zero-order chi connectivity index (χ0) is 18.7. The molecule has 2 aromatic carbocycles. The summed E-state index contributed by atoms with van der Waals surface area (Å²) in [6, 6.07) is 12.4. The van der Waals surface area contributed by atoms with Crippen LogP contribution in [0.15, 0.2) is 47.4 Å². The molecule has 5 nitrogen and oxygen atoms in total. The van der Waals surface area contributed by atoms with Gasteiger partial charge in [0.2, 0.25) is 10.0 Å². The molecule has 0 atom stereocenters. The molecular formula is C20H23NO4S. The number of aryl methyl sites for hydroxylation is 2. The smallest absolute Gasteiger partial charge is 0.338 e. The molecule has 0 unspecified atom stereocenters. The van der Waals surface area contributed by atoms with Crippen molar-refractivity contribution in [2.45, 2.75) is 38.2 Å². The lowest BCUT2D eigenvalue weighted by Gasteiger charge is -2.16. The third-order valence-corrected chi connectivity index (χ3v) is 6.48. The third kappa shape index (κ3) is 3.97. The Morgan fingerprint density at radius 3 is 2.50 bits per heavy atom. The van der Waals surface area contributed by atoms with Gasteiger partial charge in [0.05, 0.1) is 10.5 Å². The maximum atomic E-state index is 12.7. The molecule has 0 aliphatic carbocycles. The summed E-state index contributed by atoms with van der Waals surface area (Å²) >= 11 is 0. The lowest BCUT2D eigenvalue weighted by atomic mass is 10.1. The number of benzene rings is 2. The molecule has 1 saturated heterocycles. The van der Waals surface area contributed by atoms with Gasteiger partial charge in [-0.1, -0.05) is 35.9 Å². The number of carbonyl (C=O) groups is 1. The number of esters is 1. The van der Waals surface area contributed by atoms with Crippen LogP contribution in [0.2, 0.25) is 0 Å². The first-order chi connectivity index (χ1) is 12.4. The Labute approximate surface area is 154 Å². The summed E-state index contributed by atoms with van der Waals surface area (Å²) < 4.78 is 32.3. The molecule has 0 N–H and O–H groups in total. The van der Waals surface area contributed by atoms with Gasteiger partial charge in [-0.25, -0.2) is 13.2 Å². The normalized spacial score (nSPS) is 15.2. The molecule has 1 fully saturated rings.